The molecule has 2 N–H and O–H groups in total. The fraction of sp³-hybridized carbons (Fsp3) is 0.500. The van der Waals surface area contributed by atoms with E-state index in [9.17, 15) is 0 Å². The van der Waals surface area contributed by atoms with Crippen molar-refractivity contribution >= 4 is 15.9 Å². The molecule has 1 aliphatic rings. The molecule has 1 saturated carbocycles. The number of nitrogens with two attached hydrogens (primary N) is 1. The number of hydrogen-bond acceptors (Lipinski definition) is 2. The summed E-state index contributed by atoms with van der Waals surface area (Å²) in [5.74, 6) is 1.28. The largest absolute Gasteiger partial charge is 0.496 e. The molecule has 0 aliphatic heterocycles. The van der Waals surface area contributed by atoms with Crippen LogP contribution in [-0.4, -0.2) is 12.6 Å². The van der Waals surface area contributed by atoms with Gasteiger partial charge in [-0.25, -0.2) is 0 Å². The Hall–Kier alpha value is -0.540. The summed E-state index contributed by atoms with van der Waals surface area (Å²) in [7, 11) is 1.68. The quantitative estimate of drug-likeness (QED) is 0.916. The van der Waals surface area contributed by atoms with Crippen molar-refractivity contribution < 1.29 is 4.74 Å². The van der Waals surface area contributed by atoms with Gasteiger partial charge in [0.25, 0.3) is 0 Å². The summed E-state index contributed by atoms with van der Waals surface area (Å²) >= 11 is 3.50. The standard InChI is InChI=1S/C12H16BrNO/c1-8(12(14)5-6-12)9-3-4-11(15-2)10(13)7-9/h3-4,7-8H,5-6,14H2,1-2H3. The van der Waals surface area contributed by atoms with Crippen molar-refractivity contribution in [3.05, 3.63) is 28.2 Å². The van der Waals surface area contributed by atoms with Gasteiger partial charge in [0, 0.05) is 5.54 Å². The molecule has 3 heteroatoms. The molecule has 0 amide bonds. The summed E-state index contributed by atoms with van der Waals surface area (Å²) in [6.45, 7) is 2.20. The van der Waals surface area contributed by atoms with E-state index in [-0.39, 0.29) is 5.54 Å². The summed E-state index contributed by atoms with van der Waals surface area (Å²) in [5, 5.41) is 0. The monoisotopic (exact) mass is 269 g/mol. The molecule has 0 radical (unpaired) electrons. The van der Waals surface area contributed by atoms with Crippen molar-refractivity contribution in [2.24, 2.45) is 5.73 Å². The molecule has 1 aromatic rings. The molecular formula is C12H16BrNO. The number of methoxy groups -OCH3 is 1. The maximum absolute atomic E-state index is 6.20. The second kappa shape index (κ2) is 3.80. The van der Waals surface area contributed by atoms with Crippen LogP contribution in [0.15, 0.2) is 22.7 Å². The van der Waals surface area contributed by atoms with Crippen LogP contribution >= 0.6 is 15.9 Å². The highest BCUT2D eigenvalue weighted by Crippen LogP contribution is 2.45. The highest BCUT2D eigenvalue weighted by atomic mass is 79.9. The van der Waals surface area contributed by atoms with Crippen molar-refractivity contribution in [3.63, 3.8) is 0 Å². The van der Waals surface area contributed by atoms with Gasteiger partial charge in [-0.1, -0.05) is 13.0 Å². The molecule has 15 heavy (non-hydrogen) atoms. The maximum Gasteiger partial charge on any atom is 0.133 e. The molecule has 1 unspecified atom stereocenters. The molecule has 82 valence electrons. The molecule has 1 aromatic carbocycles. The van der Waals surface area contributed by atoms with Crippen molar-refractivity contribution in [1.29, 1.82) is 0 Å². The summed E-state index contributed by atoms with van der Waals surface area (Å²) in [6.07, 6.45) is 2.27. The molecule has 1 aliphatic carbocycles. The molecule has 2 rings (SSSR count). The predicted octanol–water partition coefficient (Wildman–Crippen LogP) is 3.05. The fourth-order valence-corrected chi connectivity index (χ4v) is 2.42. The minimum Gasteiger partial charge on any atom is -0.496 e. The lowest BCUT2D eigenvalue weighted by Crippen LogP contribution is -2.28. The predicted molar refractivity (Wildman–Crippen MR) is 65.3 cm³/mol. The van der Waals surface area contributed by atoms with E-state index < -0.39 is 0 Å². The van der Waals surface area contributed by atoms with Crippen LogP contribution in [0.25, 0.3) is 0 Å². The fourth-order valence-electron chi connectivity index (χ4n) is 1.86. The second-order valence-electron chi connectivity index (χ2n) is 4.35. The Labute approximate surface area is 98.9 Å². The van der Waals surface area contributed by atoms with E-state index in [1.54, 1.807) is 7.11 Å². The summed E-state index contributed by atoms with van der Waals surface area (Å²) in [6, 6.07) is 6.19. The van der Waals surface area contributed by atoms with Gasteiger partial charge < -0.3 is 10.5 Å². The van der Waals surface area contributed by atoms with Gasteiger partial charge in [-0.3, -0.25) is 0 Å². The third-order valence-corrected chi connectivity index (χ3v) is 3.99. The summed E-state index contributed by atoms with van der Waals surface area (Å²) < 4.78 is 6.20. The lowest BCUT2D eigenvalue weighted by atomic mass is 9.92. The number of benzene rings is 1. The number of halogens is 1. The van der Waals surface area contributed by atoms with Crippen LogP contribution in [0.4, 0.5) is 0 Å². The SMILES string of the molecule is COc1ccc(C(C)C2(N)CC2)cc1Br. The first-order valence-electron chi connectivity index (χ1n) is 5.19. The zero-order chi connectivity index (χ0) is 11.1. The van der Waals surface area contributed by atoms with E-state index in [4.69, 9.17) is 10.5 Å². The topological polar surface area (TPSA) is 35.2 Å². The normalized spacial score (nSPS) is 19.7. The molecule has 2 nitrogen and oxygen atoms in total. The van der Waals surface area contributed by atoms with Gasteiger partial charge in [-0.2, -0.15) is 0 Å². The molecule has 0 bridgehead atoms. The third-order valence-electron chi connectivity index (χ3n) is 3.37. The molecule has 0 heterocycles. The minimum absolute atomic E-state index is 0.0357. The molecule has 1 fully saturated rings. The Morgan fingerprint density at radius 1 is 1.47 bits per heavy atom. The summed E-state index contributed by atoms with van der Waals surface area (Å²) in [4.78, 5) is 0. The zero-order valence-corrected chi connectivity index (χ0v) is 10.7. The Morgan fingerprint density at radius 2 is 2.13 bits per heavy atom. The van der Waals surface area contributed by atoms with Gasteiger partial charge >= 0.3 is 0 Å². The Bertz CT molecular complexity index is 374. The van der Waals surface area contributed by atoms with E-state index in [1.165, 1.54) is 5.56 Å². The van der Waals surface area contributed by atoms with Crippen molar-refractivity contribution in [1.82, 2.24) is 0 Å². The Kier molecular flexibility index (Phi) is 2.77. The minimum atomic E-state index is 0.0357. The van der Waals surface area contributed by atoms with Crippen LogP contribution in [0.3, 0.4) is 0 Å². The van der Waals surface area contributed by atoms with Gasteiger partial charge in [-0.15, -0.1) is 0 Å². The highest BCUT2D eigenvalue weighted by Gasteiger charge is 2.43. The lowest BCUT2D eigenvalue weighted by Gasteiger charge is -2.19. The maximum atomic E-state index is 6.20. The van der Waals surface area contributed by atoms with Crippen LogP contribution < -0.4 is 10.5 Å². The smallest absolute Gasteiger partial charge is 0.133 e. The van der Waals surface area contributed by atoms with Crippen molar-refractivity contribution in [3.8, 4) is 5.75 Å². The van der Waals surface area contributed by atoms with E-state index in [1.807, 2.05) is 6.07 Å². The molecule has 1 atom stereocenters. The van der Waals surface area contributed by atoms with E-state index in [0.29, 0.717) is 5.92 Å². The van der Waals surface area contributed by atoms with Crippen molar-refractivity contribution in [2.45, 2.75) is 31.2 Å². The zero-order valence-electron chi connectivity index (χ0n) is 9.09. The molecule has 0 saturated heterocycles. The van der Waals surface area contributed by atoms with E-state index in [2.05, 4.69) is 35.0 Å². The van der Waals surface area contributed by atoms with Crippen LogP contribution in [0, 0.1) is 0 Å². The molecular weight excluding hydrogens is 254 g/mol. The van der Waals surface area contributed by atoms with Gasteiger partial charge in [0.1, 0.15) is 5.75 Å². The van der Waals surface area contributed by atoms with Crippen LogP contribution in [0.2, 0.25) is 0 Å². The van der Waals surface area contributed by atoms with Crippen molar-refractivity contribution in [2.75, 3.05) is 7.11 Å². The van der Waals surface area contributed by atoms with E-state index >= 15 is 0 Å². The highest BCUT2D eigenvalue weighted by molar-refractivity contribution is 9.10. The van der Waals surface area contributed by atoms with Crippen LogP contribution in [0.1, 0.15) is 31.2 Å². The number of rotatable bonds is 3. The first-order valence-corrected chi connectivity index (χ1v) is 5.98. The lowest BCUT2D eigenvalue weighted by molar-refractivity contribution is 0.411. The number of hydrogen-bond donors (Lipinski definition) is 1. The second-order valence-corrected chi connectivity index (χ2v) is 5.20. The van der Waals surface area contributed by atoms with Gasteiger partial charge in [-0.05, 0) is 52.4 Å². The molecule has 0 spiro atoms. The Morgan fingerprint density at radius 3 is 2.60 bits per heavy atom. The van der Waals surface area contributed by atoms with Gasteiger partial charge in [0.2, 0.25) is 0 Å². The first-order chi connectivity index (χ1) is 7.07. The Balaban J connectivity index is 2.26. The third kappa shape index (κ3) is 2.04. The van der Waals surface area contributed by atoms with Crippen LogP contribution in [-0.2, 0) is 0 Å². The average Bonchev–Trinajstić information content (AvgIpc) is 2.96. The van der Waals surface area contributed by atoms with Gasteiger partial charge in [0.05, 0.1) is 11.6 Å². The first kappa shape index (κ1) is 11.0. The van der Waals surface area contributed by atoms with Crippen LogP contribution in [0.5, 0.6) is 5.75 Å². The molecule has 0 aromatic heterocycles. The van der Waals surface area contributed by atoms with Gasteiger partial charge in [0.15, 0.2) is 0 Å². The number of ether oxygens (including phenoxy) is 1. The summed E-state index contributed by atoms with van der Waals surface area (Å²) in [5.41, 5.74) is 7.51. The van der Waals surface area contributed by atoms with E-state index in [0.717, 1.165) is 23.1 Å². The average molecular weight is 270 g/mol.